The van der Waals surface area contributed by atoms with Crippen LogP contribution in [-0.4, -0.2) is 4.98 Å². The Labute approximate surface area is 76.9 Å². The molecule has 2 nitrogen and oxygen atoms in total. The maximum absolute atomic E-state index is 10.2. The van der Waals surface area contributed by atoms with Crippen molar-refractivity contribution in [2.45, 2.75) is 0 Å². The fourth-order valence-corrected chi connectivity index (χ4v) is 0.377. The van der Waals surface area contributed by atoms with Crippen LogP contribution in [0.4, 0.5) is 0 Å². The molecular weight excluding hydrogens is 130 g/mol. The number of aromatic nitrogens is 1. The monoisotopic (exact) mass is 135 g/mol. The summed E-state index contributed by atoms with van der Waals surface area (Å²) in [7, 11) is 0. The summed E-state index contributed by atoms with van der Waals surface area (Å²) in [5.41, 5.74) is -0.0532. The van der Waals surface area contributed by atoms with Gasteiger partial charge in [-0.2, -0.15) is 0 Å². The molecule has 0 fully saturated rings. The van der Waals surface area contributed by atoms with Crippen molar-refractivity contribution in [3.8, 4) is 0 Å². The Morgan fingerprint density at radius 1 is 1.38 bits per heavy atom. The summed E-state index contributed by atoms with van der Waals surface area (Å²) >= 11 is 0. The van der Waals surface area contributed by atoms with Crippen molar-refractivity contribution in [2.75, 3.05) is 0 Å². The van der Waals surface area contributed by atoms with Gasteiger partial charge in [-0.1, -0.05) is 6.07 Å². The van der Waals surface area contributed by atoms with Gasteiger partial charge in [-0.05, 0) is 6.07 Å². The Hall–Kier alpha value is 0.210. The second-order valence-corrected chi connectivity index (χ2v) is 1.23. The third-order valence-electron chi connectivity index (χ3n) is 0.681. The molecule has 0 bridgehead atoms. The van der Waals surface area contributed by atoms with E-state index in [1.54, 1.807) is 18.3 Å². The van der Waals surface area contributed by atoms with Crippen LogP contribution >= 0.6 is 0 Å². The number of rotatable bonds is 0. The zero-order valence-corrected chi connectivity index (χ0v) is 4.78. The van der Waals surface area contributed by atoms with Crippen molar-refractivity contribution >= 4 is 0 Å². The van der Waals surface area contributed by atoms with Crippen LogP contribution in [0.1, 0.15) is 0 Å². The molecule has 0 aliphatic heterocycles. The summed E-state index contributed by atoms with van der Waals surface area (Å²) in [6.07, 6.45) is 1.60. The summed E-state index contributed by atoms with van der Waals surface area (Å²) in [5.74, 6) is 0. The first-order chi connectivity index (χ1) is 3.39. The number of aromatic amines is 1. The second kappa shape index (κ2) is 4.12. The van der Waals surface area contributed by atoms with E-state index in [4.69, 9.17) is 0 Å². The van der Waals surface area contributed by atoms with E-state index in [0.29, 0.717) is 0 Å². The van der Waals surface area contributed by atoms with E-state index in [1.165, 1.54) is 6.07 Å². The van der Waals surface area contributed by atoms with Crippen LogP contribution in [0, 0.1) is 37.7 Å². The first kappa shape index (κ1) is 8.21. The predicted molar refractivity (Wildman–Crippen MR) is 27.1 cm³/mol. The molecule has 0 aliphatic rings. The van der Waals surface area contributed by atoms with Crippen molar-refractivity contribution in [1.82, 2.24) is 4.98 Å². The van der Waals surface area contributed by atoms with Crippen LogP contribution in [0.5, 0.6) is 0 Å². The Bertz CT molecular complexity index is 178. The molecular formula is C5H5ArNO. The summed E-state index contributed by atoms with van der Waals surface area (Å²) < 4.78 is 0. The van der Waals surface area contributed by atoms with E-state index < -0.39 is 0 Å². The van der Waals surface area contributed by atoms with Gasteiger partial charge in [0.05, 0.1) is 0 Å². The van der Waals surface area contributed by atoms with Crippen LogP contribution in [-0.2, 0) is 0 Å². The molecule has 3 heteroatoms. The molecule has 1 rings (SSSR count). The SMILES string of the molecule is O=c1cccc[nH]1.[Ar]. The molecule has 0 atom stereocenters. The Kier molecular flexibility index (Phi) is 4.23. The molecule has 0 amide bonds. The quantitative estimate of drug-likeness (QED) is 0.547. The van der Waals surface area contributed by atoms with Gasteiger partial charge in [-0.3, -0.25) is 4.79 Å². The van der Waals surface area contributed by atoms with E-state index in [0.717, 1.165) is 0 Å². The van der Waals surface area contributed by atoms with E-state index >= 15 is 0 Å². The molecule has 1 N–H and O–H groups in total. The van der Waals surface area contributed by atoms with Gasteiger partial charge in [0, 0.05) is 50.0 Å². The van der Waals surface area contributed by atoms with Gasteiger partial charge in [-0.25, -0.2) is 0 Å². The number of hydrogen-bond donors (Lipinski definition) is 1. The van der Waals surface area contributed by atoms with Crippen molar-refractivity contribution in [2.24, 2.45) is 0 Å². The molecule has 0 saturated heterocycles. The zero-order valence-electron chi connectivity index (χ0n) is 4.07. The van der Waals surface area contributed by atoms with Crippen LogP contribution in [0.25, 0.3) is 0 Å². The third kappa shape index (κ3) is 2.50. The third-order valence-corrected chi connectivity index (χ3v) is 0.681. The van der Waals surface area contributed by atoms with Crippen molar-refractivity contribution in [1.29, 1.82) is 0 Å². The molecule has 44 valence electrons. The number of pyridine rings is 1. The van der Waals surface area contributed by atoms with Gasteiger partial charge in [-0.15, -0.1) is 0 Å². The second-order valence-electron chi connectivity index (χ2n) is 1.23. The normalized spacial score (nSPS) is 7.50. The molecule has 0 saturated carbocycles. The molecule has 0 unspecified atom stereocenters. The van der Waals surface area contributed by atoms with Gasteiger partial charge in [0.15, 0.2) is 0 Å². The maximum Gasteiger partial charge on any atom is 0.247 e. The summed E-state index contributed by atoms with van der Waals surface area (Å²) in [4.78, 5) is 12.7. The van der Waals surface area contributed by atoms with Crippen molar-refractivity contribution in [3.63, 3.8) is 0 Å². The summed E-state index contributed by atoms with van der Waals surface area (Å²) in [6.45, 7) is 0. The summed E-state index contributed by atoms with van der Waals surface area (Å²) in [5, 5.41) is 0. The molecule has 0 aromatic carbocycles. The van der Waals surface area contributed by atoms with Crippen LogP contribution in [0.15, 0.2) is 29.2 Å². The number of hydrogen-bond acceptors (Lipinski definition) is 1. The van der Waals surface area contributed by atoms with E-state index in [-0.39, 0.29) is 43.3 Å². The van der Waals surface area contributed by atoms with Crippen molar-refractivity contribution in [3.05, 3.63) is 34.7 Å². The van der Waals surface area contributed by atoms with Crippen LogP contribution in [0.2, 0.25) is 0 Å². The predicted octanol–water partition coefficient (Wildman–Crippen LogP) is 0.375. The maximum atomic E-state index is 10.2. The van der Waals surface area contributed by atoms with Gasteiger partial charge in [0.25, 0.3) is 0 Å². The fraction of sp³-hybridized carbons (Fsp3) is 0. The van der Waals surface area contributed by atoms with E-state index in [9.17, 15) is 4.79 Å². The van der Waals surface area contributed by atoms with Crippen LogP contribution < -0.4 is 5.56 Å². The van der Waals surface area contributed by atoms with E-state index in [1.807, 2.05) is 0 Å². The smallest absolute Gasteiger partial charge is 0.247 e. The van der Waals surface area contributed by atoms with Gasteiger partial charge < -0.3 is 4.98 Å². The minimum absolute atomic E-state index is 0. The molecule has 1 aromatic heterocycles. The molecule has 0 radical (unpaired) electrons. The molecule has 1 aromatic rings. The first-order valence-corrected chi connectivity index (χ1v) is 2.03. The minimum Gasteiger partial charge on any atom is -0.329 e. The molecule has 1 heterocycles. The fourth-order valence-electron chi connectivity index (χ4n) is 0.377. The Morgan fingerprint density at radius 3 is 2.38 bits per heavy atom. The van der Waals surface area contributed by atoms with Gasteiger partial charge >= 0.3 is 0 Å². The first-order valence-electron chi connectivity index (χ1n) is 2.03. The Balaban J connectivity index is 0.000000490. The van der Waals surface area contributed by atoms with Gasteiger partial charge in [0.1, 0.15) is 0 Å². The average molecular weight is 135 g/mol. The standard InChI is InChI=1S/C5H5NO.Ar/c7-5-3-1-2-4-6-5;/h1-4H,(H,6,7);. The topological polar surface area (TPSA) is 32.9 Å². The van der Waals surface area contributed by atoms with Gasteiger partial charge in [0.2, 0.25) is 5.56 Å². The van der Waals surface area contributed by atoms with E-state index in [2.05, 4.69) is 4.98 Å². The van der Waals surface area contributed by atoms with Crippen LogP contribution in [0.3, 0.4) is 0 Å². The molecule has 0 spiro atoms. The molecule has 8 heavy (non-hydrogen) atoms. The number of H-pyrrole nitrogens is 1. The zero-order chi connectivity index (χ0) is 5.11. The number of nitrogens with one attached hydrogen (secondary N) is 1. The Morgan fingerprint density at radius 2 is 2.12 bits per heavy atom. The average Bonchev–Trinajstić information content (AvgIpc) is 1.69. The summed E-state index contributed by atoms with van der Waals surface area (Å²) in [6, 6.07) is 4.93. The van der Waals surface area contributed by atoms with Crippen molar-refractivity contribution < 1.29 is 37.7 Å². The largest absolute Gasteiger partial charge is 0.329 e. The minimum atomic E-state index is -0.0532. The molecule has 0 aliphatic carbocycles.